The van der Waals surface area contributed by atoms with E-state index in [9.17, 15) is 17.6 Å². The van der Waals surface area contributed by atoms with Crippen molar-refractivity contribution in [1.29, 1.82) is 0 Å². The van der Waals surface area contributed by atoms with Crippen LogP contribution in [0, 0.1) is 11.7 Å². The number of rotatable bonds is 5. The van der Waals surface area contributed by atoms with Gasteiger partial charge >= 0.3 is 0 Å². The summed E-state index contributed by atoms with van der Waals surface area (Å²) in [5.41, 5.74) is 1.49. The quantitative estimate of drug-likeness (QED) is 0.779. The van der Waals surface area contributed by atoms with E-state index in [1.54, 1.807) is 29.2 Å². The number of benzene rings is 1. The van der Waals surface area contributed by atoms with Crippen molar-refractivity contribution in [3.63, 3.8) is 0 Å². The normalized spacial score (nSPS) is 20.9. The van der Waals surface area contributed by atoms with Gasteiger partial charge in [-0.15, -0.1) is 0 Å². The van der Waals surface area contributed by atoms with Crippen LogP contribution < -0.4 is 10.2 Å². The lowest BCUT2D eigenvalue weighted by atomic mass is 10.1. The fraction of sp³-hybridized carbons (Fsp3) is 0.429. The van der Waals surface area contributed by atoms with E-state index in [1.807, 2.05) is 0 Å². The number of carbonyl (C=O) groups excluding carboxylic acids is 1. The number of pyridine rings is 1. The van der Waals surface area contributed by atoms with Gasteiger partial charge in [-0.3, -0.25) is 4.79 Å². The second kappa shape index (κ2) is 8.59. The third kappa shape index (κ3) is 4.89. The van der Waals surface area contributed by atoms with E-state index < -0.39 is 9.84 Å². The Balaban J connectivity index is 1.27. The number of sulfone groups is 1. The zero-order chi connectivity index (χ0) is 21.1. The van der Waals surface area contributed by atoms with Gasteiger partial charge in [-0.25, -0.2) is 17.8 Å². The second-order valence-electron chi connectivity index (χ2n) is 7.83. The lowest BCUT2D eigenvalue weighted by Crippen LogP contribution is -2.43. The Morgan fingerprint density at radius 3 is 2.50 bits per heavy atom. The molecule has 30 heavy (non-hydrogen) atoms. The predicted molar refractivity (Wildman–Crippen MR) is 114 cm³/mol. The van der Waals surface area contributed by atoms with Crippen molar-refractivity contribution in [2.24, 2.45) is 5.92 Å². The molecule has 2 fully saturated rings. The first kappa shape index (κ1) is 20.6. The molecule has 2 aromatic rings. The molecule has 7 nitrogen and oxygen atoms in total. The third-order valence-corrected chi connectivity index (χ3v) is 7.30. The summed E-state index contributed by atoms with van der Waals surface area (Å²) in [6.07, 6.45) is 2.58. The highest BCUT2D eigenvalue weighted by Crippen LogP contribution is 2.24. The lowest BCUT2D eigenvalue weighted by molar-refractivity contribution is 0.0770. The average molecular weight is 433 g/mol. The van der Waals surface area contributed by atoms with Crippen LogP contribution in [0.25, 0.3) is 0 Å². The highest BCUT2D eigenvalue weighted by Gasteiger charge is 2.26. The van der Waals surface area contributed by atoms with Crippen LogP contribution >= 0.6 is 0 Å². The van der Waals surface area contributed by atoms with Crippen molar-refractivity contribution < 1.29 is 17.6 Å². The van der Waals surface area contributed by atoms with Crippen molar-refractivity contribution >= 4 is 27.2 Å². The minimum absolute atomic E-state index is 0.0160. The van der Waals surface area contributed by atoms with Gasteiger partial charge in [0.05, 0.1) is 17.1 Å². The fourth-order valence-electron chi connectivity index (χ4n) is 3.86. The molecule has 1 aromatic carbocycles. The molecule has 2 saturated heterocycles. The first-order chi connectivity index (χ1) is 14.4. The van der Waals surface area contributed by atoms with E-state index in [1.165, 1.54) is 18.3 Å². The van der Waals surface area contributed by atoms with Gasteiger partial charge in [-0.1, -0.05) is 0 Å². The van der Waals surface area contributed by atoms with Crippen molar-refractivity contribution in [3.05, 3.63) is 54.0 Å². The van der Waals surface area contributed by atoms with Gasteiger partial charge in [0.15, 0.2) is 9.84 Å². The van der Waals surface area contributed by atoms with Gasteiger partial charge in [0.1, 0.15) is 11.6 Å². The van der Waals surface area contributed by atoms with Gasteiger partial charge in [-0.2, -0.15) is 0 Å². The Morgan fingerprint density at radius 2 is 1.83 bits per heavy atom. The van der Waals surface area contributed by atoms with Crippen LogP contribution in [0.2, 0.25) is 0 Å². The minimum Gasteiger partial charge on any atom is -0.371 e. The van der Waals surface area contributed by atoms with E-state index in [2.05, 4.69) is 15.2 Å². The fourth-order valence-corrected chi connectivity index (χ4v) is 5.06. The molecule has 2 aliphatic heterocycles. The number of hydrogen-bond donors (Lipinski definition) is 1. The number of carbonyl (C=O) groups is 1. The van der Waals surface area contributed by atoms with Gasteiger partial charge in [0.2, 0.25) is 0 Å². The summed E-state index contributed by atoms with van der Waals surface area (Å²) in [5.74, 6) is 0.773. The molecular weight excluding hydrogens is 407 g/mol. The summed E-state index contributed by atoms with van der Waals surface area (Å²) in [7, 11) is -3.02. The van der Waals surface area contributed by atoms with Crippen LogP contribution in [0.4, 0.5) is 15.9 Å². The summed E-state index contributed by atoms with van der Waals surface area (Å²) in [5, 5.41) is 3.32. The molecule has 4 rings (SSSR count). The number of halogens is 1. The maximum atomic E-state index is 13.1. The molecule has 3 heterocycles. The smallest absolute Gasteiger partial charge is 0.255 e. The number of nitrogens with one attached hydrogen (secondary N) is 1. The van der Waals surface area contributed by atoms with E-state index in [0.29, 0.717) is 17.3 Å². The number of hydrogen-bond acceptors (Lipinski definition) is 6. The first-order valence-corrected chi connectivity index (χ1v) is 11.9. The molecule has 0 spiro atoms. The van der Waals surface area contributed by atoms with E-state index >= 15 is 0 Å². The minimum atomic E-state index is -3.02. The molecule has 0 saturated carbocycles. The molecule has 160 valence electrons. The molecular formula is C21H25FN4O3S. The van der Waals surface area contributed by atoms with Gasteiger partial charge in [-0.05, 0) is 48.7 Å². The molecule has 1 N–H and O–H groups in total. The van der Waals surface area contributed by atoms with Crippen LogP contribution in [0.1, 0.15) is 16.8 Å². The predicted octanol–water partition coefficient (Wildman–Crippen LogP) is 2.03. The van der Waals surface area contributed by atoms with Gasteiger partial charge < -0.3 is 15.1 Å². The molecule has 0 radical (unpaired) electrons. The summed E-state index contributed by atoms with van der Waals surface area (Å²) >= 11 is 0. The van der Waals surface area contributed by atoms with E-state index in [0.717, 1.165) is 31.7 Å². The second-order valence-corrected chi connectivity index (χ2v) is 10.1. The number of aromatic nitrogens is 1. The van der Waals surface area contributed by atoms with Crippen molar-refractivity contribution in [3.8, 4) is 0 Å². The Labute approximate surface area is 175 Å². The van der Waals surface area contributed by atoms with Crippen LogP contribution in [0.15, 0.2) is 42.6 Å². The summed E-state index contributed by atoms with van der Waals surface area (Å²) in [6.45, 7) is 3.06. The lowest BCUT2D eigenvalue weighted by Gasteiger charge is -2.26. The average Bonchev–Trinajstić information content (AvgIpc) is 3.22. The van der Waals surface area contributed by atoms with E-state index in [4.69, 9.17) is 0 Å². The maximum Gasteiger partial charge on any atom is 0.255 e. The third-order valence-electron chi connectivity index (χ3n) is 5.69. The maximum absolute atomic E-state index is 13.1. The highest BCUT2D eigenvalue weighted by molar-refractivity contribution is 7.91. The molecule has 1 amide bonds. The Hall–Kier alpha value is -2.68. The SMILES string of the molecule is O=C(c1ccc(NCC2CCN(c3ccc(F)cc3)C2)nc1)N1CCS(=O)(=O)CC1. The van der Waals surface area contributed by atoms with Crippen LogP contribution in [0.3, 0.4) is 0 Å². The zero-order valence-electron chi connectivity index (χ0n) is 16.6. The van der Waals surface area contributed by atoms with Crippen molar-refractivity contribution in [2.75, 3.05) is 54.4 Å². The molecule has 0 aliphatic carbocycles. The van der Waals surface area contributed by atoms with Crippen molar-refractivity contribution in [1.82, 2.24) is 9.88 Å². The largest absolute Gasteiger partial charge is 0.371 e. The topological polar surface area (TPSA) is 82.6 Å². The molecule has 1 atom stereocenters. The number of anilines is 2. The monoisotopic (exact) mass is 432 g/mol. The Morgan fingerprint density at radius 1 is 1.10 bits per heavy atom. The van der Waals surface area contributed by atoms with Crippen LogP contribution in [-0.4, -0.2) is 68.4 Å². The first-order valence-electron chi connectivity index (χ1n) is 10.1. The van der Waals surface area contributed by atoms with Crippen LogP contribution in [0.5, 0.6) is 0 Å². The van der Waals surface area contributed by atoms with Gasteiger partial charge in [0, 0.05) is 44.6 Å². The Bertz CT molecular complexity index is 982. The standard InChI is InChI=1S/C21H25FN4O3S/c22-18-2-4-19(5-3-18)26-8-7-16(15-26)13-23-20-6-1-17(14-24-20)21(27)25-9-11-30(28,29)12-10-25/h1-6,14,16H,7-13,15H2,(H,23,24). The summed E-state index contributed by atoms with van der Waals surface area (Å²) in [4.78, 5) is 20.7. The van der Waals surface area contributed by atoms with E-state index in [-0.39, 0.29) is 36.3 Å². The molecule has 2 aliphatic rings. The molecule has 1 aromatic heterocycles. The molecule has 0 bridgehead atoms. The van der Waals surface area contributed by atoms with Crippen molar-refractivity contribution in [2.45, 2.75) is 6.42 Å². The molecule has 1 unspecified atom stereocenters. The highest BCUT2D eigenvalue weighted by atomic mass is 32.2. The number of amides is 1. The zero-order valence-corrected chi connectivity index (χ0v) is 17.4. The Kier molecular flexibility index (Phi) is 5.90. The van der Waals surface area contributed by atoms with Crippen LogP contribution in [-0.2, 0) is 9.84 Å². The van der Waals surface area contributed by atoms with Gasteiger partial charge in [0.25, 0.3) is 5.91 Å². The number of nitrogens with zero attached hydrogens (tertiary/aromatic N) is 3. The summed E-state index contributed by atoms with van der Waals surface area (Å²) < 4.78 is 36.1. The summed E-state index contributed by atoms with van der Waals surface area (Å²) in [6, 6.07) is 10.1. The molecule has 9 heteroatoms.